The first-order valence-electron chi connectivity index (χ1n) is 5.61. The van der Waals surface area contributed by atoms with E-state index in [4.69, 9.17) is 4.74 Å². The summed E-state index contributed by atoms with van der Waals surface area (Å²) in [5.41, 5.74) is 0. The average molecular weight is 289 g/mol. The summed E-state index contributed by atoms with van der Waals surface area (Å²) >= 11 is 0. The molecule has 2 atom stereocenters. The molecular formula is C13H12F3O4. The Kier molecular flexibility index (Phi) is 5.69. The monoisotopic (exact) mass is 289 g/mol. The number of alkyl halides is 3. The number of para-hydroxylation sites is 1. The van der Waals surface area contributed by atoms with Gasteiger partial charge in [0.2, 0.25) is 0 Å². The zero-order valence-electron chi connectivity index (χ0n) is 10.3. The van der Waals surface area contributed by atoms with Crippen molar-refractivity contribution in [3.8, 4) is 5.75 Å². The summed E-state index contributed by atoms with van der Waals surface area (Å²) < 4.78 is 45.1. The first-order chi connectivity index (χ1) is 9.31. The predicted molar refractivity (Wildman–Crippen MR) is 62.5 cm³/mol. The molecule has 0 aliphatic heterocycles. The lowest BCUT2D eigenvalue weighted by Gasteiger charge is -2.19. The fourth-order valence-electron chi connectivity index (χ4n) is 1.35. The van der Waals surface area contributed by atoms with Crippen molar-refractivity contribution in [3.63, 3.8) is 0 Å². The van der Waals surface area contributed by atoms with Crippen molar-refractivity contribution in [1.82, 2.24) is 0 Å². The van der Waals surface area contributed by atoms with Gasteiger partial charge in [-0.3, -0.25) is 4.74 Å². The second-order valence-electron chi connectivity index (χ2n) is 3.92. The smallest absolute Gasteiger partial charge is 0.425 e. The lowest BCUT2D eigenvalue weighted by atomic mass is 10.1. The van der Waals surface area contributed by atoms with Gasteiger partial charge in [-0.05, 0) is 25.5 Å². The summed E-state index contributed by atoms with van der Waals surface area (Å²) in [5.74, 6) is -2.16. The normalized spacial score (nSPS) is 14.4. The van der Waals surface area contributed by atoms with Crippen molar-refractivity contribution in [1.29, 1.82) is 0 Å². The van der Waals surface area contributed by atoms with Gasteiger partial charge in [-0.25, -0.2) is 4.79 Å². The molecule has 109 valence electrons. The van der Waals surface area contributed by atoms with Crippen LogP contribution in [0.15, 0.2) is 30.3 Å². The number of carbonyl (C=O) groups excluding carboxylic acids is 2. The maximum atomic E-state index is 12.2. The lowest BCUT2D eigenvalue weighted by Crippen LogP contribution is -2.35. The number of hydrogen-bond acceptors (Lipinski definition) is 4. The van der Waals surface area contributed by atoms with Crippen molar-refractivity contribution in [2.45, 2.75) is 18.9 Å². The van der Waals surface area contributed by atoms with Crippen LogP contribution in [-0.4, -0.2) is 24.7 Å². The van der Waals surface area contributed by atoms with Crippen LogP contribution in [-0.2, 0) is 14.3 Å². The minimum atomic E-state index is -5.01. The molecule has 20 heavy (non-hydrogen) atoms. The average Bonchev–Trinajstić information content (AvgIpc) is 2.37. The highest BCUT2D eigenvalue weighted by Gasteiger charge is 2.38. The van der Waals surface area contributed by atoms with Gasteiger partial charge in [0.15, 0.2) is 6.10 Å². The molecule has 1 aromatic carbocycles. The molecule has 0 saturated heterocycles. The Bertz CT molecular complexity index is 445. The van der Waals surface area contributed by atoms with Crippen LogP contribution in [0.3, 0.4) is 0 Å². The van der Waals surface area contributed by atoms with E-state index < -0.39 is 30.8 Å². The van der Waals surface area contributed by atoms with Gasteiger partial charge in [-0.15, -0.1) is 13.2 Å². The van der Waals surface area contributed by atoms with Gasteiger partial charge >= 0.3 is 12.3 Å². The Morgan fingerprint density at radius 1 is 1.30 bits per heavy atom. The van der Waals surface area contributed by atoms with E-state index in [0.717, 1.165) is 0 Å². The van der Waals surface area contributed by atoms with Crippen molar-refractivity contribution in [2.75, 3.05) is 0 Å². The standard InChI is InChI=1S/C13H12F3O4/c1-9(8-17)7-11(20-13(14,15)16)12(18)19-10-5-3-2-4-6-10/h2-6,8-9,11H,1,7H2. The number of hydrogen-bond donors (Lipinski definition) is 0. The summed E-state index contributed by atoms with van der Waals surface area (Å²) in [4.78, 5) is 22.1. The topological polar surface area (TPSA) is 52.6 Å². The molecule has 0 aliphatic carbocycles. The highest BCUT2D eigenvalue weighted by atomic mass is 19.4. The number of aldehydes is 1. The fraction of sp³-hybridized carbons (Fsp3) is 0.308. The van der Waals surface area contributed by atoms with Crippen LogP contribution in [0.1, 0.15) is 6.42 Å². The van der Waals surface area contributed by atoms with Crippen LogP contribution in [0.4, 0.5) is 13.2 Å². The number of halogens is 3. The molecule has 7 heteroatoms. The molecular weight excluding hydrogens is 277 g/mol. The number of esters is 1. The van der Waals surface area contributed by atoms with Crippen LogP contribution in [0, 0.1) is 12.8 Å². The van der Waals surface area contributed by atoms with Gasteiger partial charge in [0, 0.05) is 5.92 Å². The number of ether oxygens (including phenoxy) is 2. The molecule has 0 aromatic heterocycles. The Balaban J connectivity index is 2.75. The largest absolute Gasteiger partial charge is 0.523 e. The van der Waals surface area contributed by atoms with Crippen LogP contribution in [0.2, 0.25) is 0 Å². The highest BCUT2D eigenvalue weighted by molar-refractivity contribution is 5.77. The van der Waals surface area contributed by atoms with E-state index in [1.165, 1.54) is 12.1 Å². The molecule has 1 rings (SSSR count). The summed E-state index contributed by atoms with van der Waals surface area (Å²) in [6, 6.07) is 7.57. The molecule has 0 amide bonds. The zero-order valence-corrected chi connectivity index (χ0v) is 10.3. The van der Waals surface area contributed by atoms with Gasteiger partial charge in [-0.2, -0.15) is 0 Å². The fourth-order valence-corrected chi connectivity index (χ4v) is 1.35. The van der Waals surface area contributed by atoms with Gasteiger partial charge in [0.1, 0.15) is 12.0 Å². The third kappa shape index (κ3) is 5.83. The molecule has 0 saturated carbocycles. The Labute approximate surface area is 113 Å². The van der Waals surface area contributed by atoms with Gasteiger partial charge in [0.05, 0.1) is 0 Å². The van der Waals surface area contributed by atoms with Gasteiger partial charge in [-0.1, -0.05) is 18.2 Å². The molecule has 4 nitrogen and oxygen atoms in total. The number of carbonyl (C=O) groups is 2. The second-order valence-corrected chi connectivity index (χ2v) is 3.92. The van der Waals surface area contributed by atoms with Gasteiger partial charge < -0.3 is 9.53 Å². The number of rotatable bonds is 6. The minimum Gasteiger partial charge on any atom is -0.425 e. The van der Waals surface area contributed by atoms with Crippen LogP contribution in [0.5, 0.6) is 5.75 Å². The first kappa shape index (κ1) is 16.2. The molecule has 0 heterocycles. The molecule has 2 unspecified atom stereocenters. The second kappa shape index (κ2) is 7.04. The molecule has 0 aliphatic rings. The summed E-state index contributed by atoms with van der Waals surface area (Å²) in [7, 11) is 0. The summed E-state index contributed by atoms with van der Waals surface area (Å²) in [5, 5.41) is 0. The molecule has 1 radical (unpaired) electrons. The van der Waals surface area contributed by atoms with E-state index in [2.05, 4.69) is 11.7 Å². The van der Waals surface area contributed by atoms with Crippen LogP contribution < -0.4 is 4.74 Å². The minimum absolute atomic E-state index is 0.0833. The van der Waals surface area contributed by atoms with E-state index in [1.54, 1.807) is 18.2 Å². The quantitative estimate of drug-likeness (QED) is 0.459. The van der Waals surface area contributed by atoms with Crippen molar-refractivity contribution < 1.29 is 32.2 Å². The number of benzene rings is 1. The molecule has 0 bridgehead atoms. The third-order valence-corrected chi connectivity index (χ3v) is 2.21. The zero-order chi connectivity index (χ0) is 15.2. The molecule has 0 N–H and O–H groups in total. The van der Waals surface area contributed by atoms with E-state index >= 15 is 0 Å². The molecule has 0 fully saturated rings. The highest BCUT2D eigenvalue weighted by Crippen LogP contribution is 2.23. The molecule has 1 aromatic rings. The van der Waals surface area contributed by atoms with Crippen LogP contribution >= 0.6 is 0 Å². The van der Waals surface area contributed by atoms with E-state index in [-0.39, 0.29) is 5.75 Å². The Hall–Kier alpha value is -1.89. The molecule has 0 spiro atoms. The van der Waals surface area contributed by atoms with E-state index in [0.29, 0.717) is 6.29 Å². The summed E-state index contributed by atoms with van der Waals surface area (Å²) in [6.45, 7) is 3.29. The SMILES string of the molecule is [CH2]C(C=O)CC(OC(F)(F)F)C(=O)Oc1ccccc1. The Morgan fingerprint density at radius 3 is 2.40 bits per heavy atom. The van der Waals surface area contributed by atoms with Gasteiger partial charge in [0.25, 0.3) is 0 Å². The van der Waals surface area contributed by atoms with Crippen molar-refractivity contribution >= 4 is 12.3 Å². The first-order valence-corrected chi connectivity index (χ1v) is 5.61. The van der Waals surface area contributed by atoms with Crippen LogP contribution in [0.25, 0.3) is 0 Å². The van der Waals surface area contributed by atoms with E-state index in [9.17, 15) is 22.8 Å². The third-order valence-electron chi connectivity index (χ3n) is 2.21. The van der Waals surface area contributed by atoms with E-state index in [1.807, 2.05) is 0 Å². The lowest BCUT2D eigenvalue weighted by molar-refractivity contribution is -0.340. The maximum Gasteiger partial charge on any atom is 0.523 e. The van der Waals surface area contributed by atoms with Crippen molar-refractivity contribution in [3.05, 3.63) is 37.3 Å². The predicted octanol–water partition coefficient (Wildman–Crippen LogP) is 2.54. The van der Waals surface area contributed by atoms with Crippen molar-refractivity contribution in [2.24, 2.45) is 5.92 Å². The maximum absolute atomic E-state index is 12.2. The Morgan fingerprint density at radius 2 is 1.90 bits per heavy atom. The summed E-state index contributed by atoms with van der Waals surface area (Å²) in [6.07, 6.45) is -7.14.